The van der Waals surface area contributed by atoms with Crippen LogP contribution in [0.15, 0.2) is 23.2 Å². The first-order chi connectivity index (χ1) is 13.0. The van der Waals surface area contributed by atoms with Crippen LogP contribution in [0.25, 0.3) is 0 Å². The molecule has 0 aromatic carbocycles. The number of morpholine rings is 1. The first-order valence-corrected chi connectivity index (χ1v) is 11.3. The fourth-order valence-electron chi connectivity index (χ4n) is 4.90. The molecule has 1 spiro atoms. The van der Waals surface area contributed by atoms with Gasteiger partial charge in [-0.2, -0.15) is 4.31 Å². The largest absolute Gasteiger partial charge is 0.481 e. The zero-order chi connectivity index (χ0) is 18.9. The molecule has 3 heterocycles. The molecule has 0 amide bonds. The topological polar surface area (TPSA) is 72.0 Å². The summed E-state index contributed by atoms with van der Waals surface area (Å²) in [6, 6.07) is 3.69. The molecule has 7 nitrogen and oxygen atoms in total. The van der Waals surface area contributed by atoms with Gasteiger partial charge in [0.2, 0.25) is 15.9 Å². The molecule has 0 radical (unpaired) electrons. The number of ether oxygens (including phenoxy) is 2. The van der Waals surface area contributed by atoms with E-state index in [9.17, 15) is 8.42 Å². The van der Waals surface area contributed by atoms with E-state index in [1.54, 1.807) is 10.4 Å². The zero-order valence-corrected chi connectivity index (χ0v) is 16.8. The number of sulfonamides is 1. The molecule has 150 valence electrons. The smallest absolute Gasteiger partial charge is 0.243 e. The summed E-state index contributed by atoms with van der Waals surface area (Å²) < 4.78 is 38.2. The summed E-state index contributed by atoms with van der Waals surface area (Å²) in [5.74, 6) is 0.328. The standard InChI is InChI=1S/C19H29N3O4S/c1-25-18-14-17(3-7-20-18)27(23,24)22-8-5-19(6-9-22)4-2-16(15-19)21-10-12-26-13-11-21/h3,7,14,16H,2,4-6,8-13,15H2,1H3. The lowest BCUT2D eigenvalue weighted by molar-refractivity contribution is 0.0137. The van der Waals surface area contributed by atoms with Crippen LogP contribution >= 0.6 is 0 Å². The van der Waals surface area contributed by atoms with Gasteiger partial charge in [-0.05, 0) is 43.6 Å². The predicted molar refractivity (Wildman–Crippen MR) is 101 cm³/mol. The highest BCUT2D eigenvalue weighted by Crippen LogP contribution is 2.48. The summed E-state index contributed by atoms with van der Waals surface area (Å²) in [5, 5.41) is 0. The molecule has 27 heavy (non-hydrogen) atoms. The lowest BCUT2D eigenvalue weighted by Gasteiger charge is -2.40. The van der Waals surface area contributed by atoms with E-state index < -0.39 is 10.0 Å². The Morgan fingerprint density at radius 2 is 1.93 bits per heavy atom. The summed E-state index contributed by atoms with van der Waals surface area (Å²) in [4.78, 5) is 6.85. The highest BCUT2D eigenvalue weighted by Gasteiger charge is 2.45. The van der Waals surface area contributed by atoms with Crippen molar-refractivity contribution in [2.75, 3.05) is 46.5 Å². The van der Waals surface area contributed by atoms with Crippen LogP contribution in [-0.2, 0) is 14.8 Å². The van der Waals surface area contributed by atoms with Gasteiger partial charge in [0.05, 0.1) is 25.2 Å². The molecule has 3 aliphatic rings. The van der Waals surface area contributed by atoms with E-state index in [-0.39, 0.29) is 4.90 Å². The molecule has 1 unspecified atom stereocenters. The number of hydrogen-bond acceptors (Lipinski definition) is 6. The molecule has 3 fully saturated rings. The molecule has 1 saturated carbocycles. The fraction of sp³-hybridized carbons (Fsp3) is 0.737. The number of nitrogens with zero attached hydrogens (tertiary/aromatic N) is 3. The highest BCUT2D eigenvalue weighted by molar-refractivity contribution is 7.89. The van der Waals surface area contributed by atoms with Crippen LogP contribution in [0.5, 0.6) is 5.88 Å². The van der Waals surface area contributed by atoms with Crippen molar-refractivity contribution >= 4 is 10.0 Å². The Bertz CT molecular complexity index is 756. The molecule has 0 bridgehead atoms. The number of piperidine rings is 1. The number of aromatic nitrogens is 1. The second-order valence-electron chi connectivity index (χ2n) is 7.98. The van der Waals surface area contributed by atoms with Crippen molar-refractivity contribution in [3.05, 3.63) is 18.3 Å². The summed E-state index contributed by atoms with van der Waals surface area (Å²) in [7, 11) is -1.99. The minimum Gasteiger partial charge on any atom is -0.481 e. The Hall–Kier alpha value is -1.22. The number of hydrogen-bond donors (Lipinski definition) is 0. The molecule has 1 aliphatic carbocycles. The van der Waals surface area contributed by atoms with Gasteiger partial charge in [0.15, 0.2) is 0 Å². The summed E-state index contributed by atoms with van der Waals surface area (Å²) >= 11 is 0. The van der Waals surface area contributed by atoms with Gasteiger partial charge >= 0.3 is 0 Å². The molecule has 1 aromatic rings. The minimum absolute atomic E-state index is 0.267. The Balaban J connectivity index is 1.40. The monoisotopic (exact) mass is 395 g/mol. The molecule has 2 saturated heterocycles. The average molecular weight is 396 g/mol. The summed E-state index contributed by atoms with van der Waals surface area (Å²) in [6.07, 6.45) is 7.04. The van der Waals surface area contributed by atoms with Crippen molar-refractivity contribution in [1.82, 2.24) is 14.2 Å². The van der Waals surface area contributed by atoms with Gasteiger partial charge < -0.3 is 9.47 Å². The third kappa shape index (κ3) is 3.85. The van der Waals surface area contributed by atoms with E-state index in [0.717, 1.165) is 39.1 Å². The first-order valence-electron chi connectivity index (χ1n) is 9.84. The molecular weight excluding hydrogens is 366 g/mol. The van der Waals surface area contributed by atoms with Gasteiger partial charge in [0.25, 0.3) is 0 Å². The molecule has 2 aliphatic heterocycles. The van der Waals surface area contributed by atoms with E-state index in [0.29, 0.717) is 30.4 Å². The molecule has 0 N–H and O–H groups in total. The molecule has 8 heteroatoms. The molecule has 4 rings (SSSR count). The zero-order valence-electron chi connectivity index (χ0n) is 16.0. The van der Waals surface area contributed by atoms with Crippen LogP contribution in [0.1, 0.15) is 32.1 Å². The van der Waals surface area contributed by atoms with Crippen LogP contribution in [-0.4, -0.2) is 75.2 Å². The molecule has 1 atom stereocenters. The normalized spacial score (nSPS) is 27.1. The average Bonchev–Trinajstić information content (AvgIpc) is 3.12. The number of pyridine rings is 1. The van der Waals surface area contributed by atoms with Crippen molar-refractivity contribution in [3.8, 4) is 5.88 Å². The second kappa shape index (κ2) is 7.66. The quantitative estimate of drug-likeness (QED) is 0.773. The number of rotatable bonds is 4. The van der Waals surface area contributed by atoms with Gasteiger partial charge in [0.1, 0.15) is 0 Å². The van der Waals surface area contributed by atoms with E-state index in [1.807, 2.05) is 0 Å². The van der Waals surface area contributed by atoms with Gasteiger partial charge in [-0.1, -0.05) is 0 Å². The van der Waals surface area contributed by atoms with Crippen molar-refractivity contribution in [3.63, 3.8) is 0 Å². The van der Waals surface area contributed by atoms with Gasteiger partial charge in [0, 0.05) is 44.5 Å². The van der Waals surface area contributed by atoms with Crippen molar-refractivity contribution in [2.45, 2.75) is 43.0 Å². The van der Waals surface area contributed by atoms with Gasteiger partial charge in [-0.25, -0.2) is 13.4 Å². The van der Waals surface area contributed by atoms with Crippen LogP contribution in [0.4, 0.5) is 0 Å². The van der Waals surface area contributed by atoms with E-state index >= 15 is 0 Å². The predicted octanol–water partition coefficient (Wildman–Crippen LogP) is 1.75. The Kier molecular flexibility index (Phi) is 5.42. The van der Waals surface area contributed by atoms with Crippen molar-refractivity contribution in [2.24, 2.45) is 5.41 Å². The van der Waals surface area contributed by atoms with E-state index in [1.165, 1.54) is 38.6 Å². The van der Waals surface area contributed by atoms with Crippen LogP contribution < -0.4 is 4.74 Å². The maximum absolute atomic E-state index is 13.0. The van der Waals surface area contributed by atoms with E-state index in [4.69, 9.17) is 9.47 Å². The van der Waals surface area contributed by atoms with Gasteiger partial charge in [-0.3, -0.25) is 4.90 Å². The maximum atomic E-state index is 13.0. The Labute approximate surface area is 161 Å². The number of methoxy groups -OCH3 is 1. The molecular formula is C19H29N3O4S. The summed E-state index contributed by atoms with van der Waals surface area (Å²) in [5.41, 5.74) is 0.310. The van der Waals surface area contributed by atoms with Crippen LogP contribution in [0, 0.1) is 5.41 Å². The van der Waals surface area contributed by atoms with Crippen LogP contribution in [0.2, 0.25) is 0 Å². The fourth-order valence-corrected chi connectivity index (χ4v) is 6.34. The van der Waals surface area contributed by atoms with Crippen molar-refractivity contribution < 1.29 is 17.9 Å². The Morgan fingerprint density at radius 3 is 2.63 bits per heavy atom. The maximum Gasteiger partial charge on any atom is 0.243 e. The third-order valence-corrected chi connectivity index (χ3v) is 8.47. The highest BCUT2D eigenvalue weighted by atomic mass is 32.2. The minimum atomic E-state index is -3.49. The van der Waals surface area contributed by atoms with E-state index in [2.05, 4.69) is 9.88 Å². The second-order valence-corrected chi connectivity index (χ2v) is 9.92. The van der Waals surface area contributed by atoms with Gasteiger partial charge in [-0.15, -0.1) is 0 Å². The SMILES string of the molecule is COc1cc(S(=O)(=O)N2CCC3(CCC(N4CCOCC4)C3)CC2)ccn1. The first kappa shape index (κ1) is 19.1. The summed E-state index contributed by atoms with van der Waals surface area (Å²) in [6.45, 7) is 4.94. The van der Waals surface area contributed by atoms with Crippen LogP contribution in [0.3, 0.4) is 0 Å². The van der Waals surface area contributed by atoms with Crippen molar-refractivity contribution in [1.29, 1.82) is 0 Å². The lowest BCUT2D eigenvalue weighted by Crippen LogP contribution is -2.45. The lowest BCUT2D eigenvalue weighted by atomic mass is 9.77. The Morgan fingerprint density at radius 1 is 1.19 bits per heavy atom. The molecule has 1 aromatic heterocycles. The third-order valence-electron chi connectivity index (χ3n) is 6.57.